The molecule has 0 amide bonds. The summed E-state index contributed by atoms with van der Waals surface area (Å²) in [6.07, 6.45) is -3.44. The molecular weight excluding hydrogens is 380 g/mol. The van der Waals surface area contributed by atoms with Crippen molar-refractivity contribution in [3.63, 3.8) is 0 Å². The molecule has 8 nitrogen and oxygen atoms in total. The monoisotopic (exact) mass is 414 g/mol. The summed E-state index contributed by atoms with van der Waals surface area (Å²) in [5.74, 6) is 0.605. The number of esters is 1. The van der Waals surface area contributed by atoms with Crippen LogP contribution in [0, 0.1) is 29.1 Å². The number of carbonyl (C=O) groups excluding carboxylic acids is 1. The maximum atomic E-state index is 12.4. The van der Waals surface area contributed by atoms with Gasteiger partial charge in [0.05, 0.1) is 18.6 Å². The van der Waals surface area contributed by atoms with Crippen molar-refractivity contribution in [3.05, 3.63) is 0 Å². The molecule has 4 rings (SSSR count). The van der Waals surface area contributed by atoms with Crippen LogP contribution >= 0.6 is 0 Å². The van der Waals surface area contributed by atoms with Gasteiger partial charge in [0.2, 0.25) is 0 Å². The van der Waals surface area contributed by atoms with Gasteiger partial charge in [-0.1, -0.05) is 20.8 Å². The summed E-state index contributed by atoms with van der Waals surface area (Å²) in [5, 5.41) is 40.0. The van der Waals surface area contributed by atoms with Gasteiger partial charge in [0.15, 0.2) is 6.29 Å². The average molecular weight is 414 g/mol. The fraction of sp³-hybridized carbons (Fsp3) is 0.952. The Morgan fingerprint density at radius 1 is 1.07 bits per heavy atom. The van der Waals surface area contributed by atoms with Gasteiger partial charge in [-0.3, -0.25) is 4.79 Å². The largest absolute Gasteiger partial charge is 0.461 e. The van der Waals surface area contributed by atoms with Crippen LogP contribution in [-0.2, 0) is 19.0 Å². The molecule has 4 N–H and O–H groups in total. The van der Waals surface area contributed by atoms with E-state index in [1.807, 2.05) is 6.92 Å². The Bertz CT molecular complexity index is 626. The minimum atomic E-state index is -1.47. The molecule has 2 aliphatic heterocycles. The molecule has 12 unspecified atom stereocenters. The number of carbonyl (C=O) groups is 1. The molecule has 0 aromatic carbocycles. The van der Waals surface area contributed by atoms with Gasteiger partial charge < -0.3 is 34.6 Å². The van der Waals surface area contributed by atoms with Crippen molar-refractivity contribution < 1.29 is 39.4 Å². The Morgan fingerprint density at radius 2 is 1.79 bits per heavy atom. The molecular formula is C21H34O8. The van der Waals surface area contributed by atoms with Crippen LogP contribution in [-0.4, -0.2) is 75.9 Å². The third-order valence-electron chi connectivity index (χ3n) is 8.28. The Morgan fingerprint density at radius 3 is 2.48 bits per heavy atom. The van der Waals surface area contributed by atoms with Gasteiger partial charge in [0, 0.05) is 11.3 Å². The molecule has 4 aliphatic rings. The molecule has 0 radical (unpaired) electrons. The number of aliphatic hydroxyl groups excluding tert-OH is 4. The van der Waals surface area contributed by atoms with Gasteiger partial charge in [0.1, 0.15) is 30.5 Å². The first-order chi connectivity index (χ1) is 13.7. The molecule has 0 spiro atoms. The van der Waals surface area contributed by atoms with Gasteiger partial charge in [-0.05, 0) is 37.5 Å². The lowest BCUT2D eigenvalue weighted by atomic mass is 9.67. The second kappa shape index (κ2) is 7.73. The normalized spacial score (nSPS) is 55.1. The number of aliphatic hydroxyl groups is 4. The maximum absolute atomic E-state index is 12.4. The van der Waals surface area contributed by atoms with Crippen LogP contribution in [0.1, 0.15) is 46.5 Å². The lowest BCUT2D eigenvalue weighted by Gasteiger charge is -2.46. The van der Waals surface area contributed by atoms with Crippen molar-refractivity contribution in [2.24, 2.45) is 29.1 Å². The molecule has 12 atom stereocenters. The SMILES string of the molecule is CC1CCC2C(C)C(=O)OC2C2(C)C(OC3OC(CO)C(O)C(O)C3O)CCC12. The number of hydrogen-bond donors (Lipinski definition) is 4. The van der Waals surface area contributed by atoms with E-state index in [0.29, 0.717) is 11.8 Å². The predicted octanol–water partition coefficient (Wildman–Crippen LogP) is 0.195. The van der Waals surface area contributed by atoms with E-state index in [9.17, 15) is 25.2 Å². The molecule has 2 heterocycles. The first-order valence-electron chi connectivity index (χ1n) is 10.9. The summed E-state index contributed by atoms with van der Waals surface area (Å²) in [6.45, 7) is 5.80. The molecule has 2 saturated carbocycles. The van der Waals surface area contributed by atoms with Crippen molar-refractivity contribution in [1.29, 1.82) is 0 Å². The van der Waals surface area contributed by atoms with Gasteiger partial charge in [-0.15, -0.1) is 0 Å². The highest BCUT2D eigenvalue weighted by Crippen LogP contribution is 2.59. The highest BCUT2D eigenvalue weighted by atomic mass is 16.7. The average Bonchev–Trinajstić information content (AvgIpc) is 3.14. The smallest absolute Gasteiger partial charge is 0.309 e. The Labute approximate surface area is 171 Å². The highest BCUT2D eigenvalue weighted by Gasteiger charge is 2.63. The summed E-state index contributed by atoms with van der Waals surface area (Å²) in [5.41, 5.74) is -0.431. The van der Waals surface area contributed by atoms with Gasteiger partial charge in [-0.25, -0.2) is 0 Å². The van der Waals surface area contributed by atoms with E-state index in [-0.39, 0.29) is 30.0 Å². The van der Waals surface area contributed by atoms with Crippen LogP contribution in [0.5, 0.6) is 0 Å². The van der Waals surface area contributed by atoms with E-state index >= 15 is 0 Å². The second-order valence-corrected chi connectivity index (χ2v) is 9.74. The fourth-order valence-electron chi connectivity index (χ4n) is 6.44. The van der Waals surface area contributed by atoms with E-state index in [1.165, 1.54) is 0 Å². The summed E-state index contributed by atoms with van der Waals surface area (Å²) < 4.78 is 17.7. The molecule has 0 aromatic rings. The first kappa shape index (κ1) is 21.5. The summed E-state index contributed by atoms with van der Waals surface area (Å²) >= 11 is 0. The van der Waals surface area contributed by atoms with Crippen molar-refractivity contribution in [3.8, 4) is 0 Å². The number of hydrogen-bond acceptors (Lipinski definition) is 8. The predicted molar refractivity (Wildman–Crippen MR) is 100 cm³/mol. The van der Waals surface area contributed by atoms with E-state index in [1.54, 1.807) is 0 Å². The van der Waals surface area contributed by atoms with Crippen LogP contribution in [0.2, 0.25) is 0 Å². The zero-order valence-electron chi connectivity index (χ0n) is 17.3. The summed E-state index contributed by atoms with van der Waals surface area (Å²) in [7, 11) is 0. The van der Waals surface area contributed by atoms with E-state index in [2.05, 4.69) is 13.8 Å². The fourth-order valence-corrected chi connectivity index (χ4v) is 6.44. The Hall–Kier alpha value is -0.770. The third-order valence-corrected chi connectivity index (χ3v) is 8.28. The lowest BCUT2D eigenvalue weighted by Crippen LogP contribution is -2.60. The van der Waals surface area contributed by atoms with Crippen LogP contribution < -0.4 is 0 Å². The minimum Gasteiger partial charge on any atom is -0.461 e. The second-order valence-electron chi connectivity index (χ2n) is 9.74. The quantitative estimate of drug-likeness (QED) is 0.483. The standard InChI is InChI=1S/C21H34O8/c1-9-4-5-11-10(2)19(26)29-18(11)21(3)12(9)6-7-14(21)28-20-17(25)16(24)15(23)13(8-22)27-20/h9-18,20,22-25H,4-8H2,1-3H3. The minimum absolute atomic E-state index is 0.138. The van der Waals surface area contributed by atoms with Crippen molar-refractivity contribution in [1.82, 2.24) is 0 Å². The van der Waals surface area contributed by atoms with E-state index < -0.39 is 42.7 Å². The zero-order chi connectivity index (χ0) is 21.1. The topological polar surface area (TPSA) is 126 Å². The lowest BCUT2D eigenvalue weighted by molar-refractivity contribution is -0.321. The highest BCUT2D eigenvalue weighted by molar-refractivity contribution is 5.75. The van der Waals surface area contributed by atoms with Crippen LogP contribution in [0.3, 0.4) is 0 Å². The van der Waals surface area contributed by atoms with Crippen molar-refractivity contribution in [2.45, 2.75) is 89.4 Å². The molecule has 4 fully saturated rings. The number of fused-ring (bicyclic) bond motifs is 3. The van der Waals surface area contributed by atoms with E-state index in [0.717, 1.165) is 25.7 Å². The van der Waals surface area contributed by atoms with E-state index in [4.69, 9.17) is 14.2 Å². The zero-order valence-corrected chi connectivity index (χ0v) is 17.3. The summed E-state index contributed by atoms with van der Waals surface area (Å²) in [4.78, 5) is 12.4. The van der Waals surface area contributed by atoms with Gasteiger partial charge in [0.25, 0.3) is 0 Å². The maximum Gasteiger partial charge on any atom is 0.309 e. The molecule has 0 bridgehead atoms. The third kappa shape index (κ3) is 3.23. The summed E-state index contributed by atoms with van der Waals surface area (Å²) in [6, 6.07) is 0. The molecule has 166 valence electrons. The van der Waals surface area contributed by atoms with Crippen LogP contribution in [0.4, 0.5) is 0 Å². The molecule has 8 heteroatoms. The first-order valence-corrected chi connectivity index (χ1v) is 10.9. The van der Waals surface area contributed by atoms with Gasteiger partial charge >= 0.3 is 5.97 Å². The molecule has 2 saturated heterocycles. The Kier molecular flexibility index (Phi) is 5.72. The van der Waals surface area contributed by atoms with Gasteiger partial charge in [-0.2, -0.15) is 0 Å². The molecule has 0 aromatic heterocycles. The Balaban J connectivity index is 1.60. The molecule has 29 heavy (non-hydrogen) atoms. The number of ether oxygens (including phenoxy) is 3. The van der Waals surface area contributed by atoms with Crippen molar-refractivity contribution >= 4 is 5.97 Å². The number of rotatable bonds is 3. The van der Waals surface area contributed by atoms with Crippen LogP contribution in [0.25, 0.3) is 0 Å². The van der Waals surface area contributed by atoms with Crippen molar-refractivity contribution in [2.75, 3.05) is 6.61 Å². The van der Waals surface area contributed by atoms with Crippen LogP contribution in [0.15, 0.2) is 0 Å². The molecule has 2 aliphatic carbocycles.